The summed E-state index contributed by atoms with van der Waals surface area (Å²) in [7, 11) is 0. The normalized spacial score (nSPS) is 33.8. The van der Waals surface area contributed by atoms with Gasteiger partial charge in [0.05, 0.1) is 16.9 Å². The minimum Gasteiger partial charge on any atom is -0.447 e. The monoisotopic (exact) mass is 362 g/mol. The molecule has 4 fully saturated rings. The number of ether oxygens (including phenoxy) is 1. The Balaban J connectivity index is 1.27. The summed E-state index contributed by atoms with van der Waals surface area (Å²) in [5.41, 5.74) is -0.862. The van der Waals surface area contributed by atoms with Gasteiger partial charge in [-0.3, -0.25) is 4.79 Å². The van der Waals surface area contributed by atoms with Gasteiger partial charge in [-0.15, -0.1) is 0 Å². The van der Waals surface area contributed by atoms with E-state index >= 15 is 0 Å². The molecule has 26 heavy (non-hydrogen) atoms. The first-order chi connectivity index (χ1) is 12.4. The van der Waals surface area contributed by atoms with E-state index in [2.05, 4.69) is 5.32 Å². The van der Waals surface area contributed by atoms with E-state index in [9.17, 15) is 18.4 Å². The van der Waals surface area contributed by atoms with E-state index in [-0.39, 0.29) is 31.4 Å². The van der Waals surface area contributed by atoms with Gasteiger partial charge in [0.1, 0.15) is 6.61 Å². The Morgan fingerprint density at radius 2 is 1.96 bits per heavy atom. The molecule has 5 rings (SSSR count). The van der Waals surface area contributed by atoms with Crippen molar-refractivity contribution < 1.29 is 23.1 Å². The molecule has 2 saturated heterocycles. The number of rotatable bonds is 2. The number of amides is 2. The Bertz CT molecular complexity index is 778. The molecule has 138 valence electrons. The van der Waals surface area contributed by atoms with Crippen molar-refractivity contribution in [2.75, 3.05) is 19.7 Å². The Hall–Kier alpha value is -2.18. The summed E-state index contributed by atoms with van der Waals surface area (Å²) < 4.78 is 34.2. The van der Waals surface area contributed by atoms with Crippen LogP contribution in [0.15, 0.2) is 30.3 Å². The van der Waals surface area contributed by atoms with Gasteiger partial charge in [-0.25, -0.2) is 13.6 Å². The van der Waals surface area contributed by atoms with Crippen LogP contribution in [0.3, 0.4) is 0 Å². The van der Waals surface area contributed by atoms with Crippen LogP contribution < -0.4 is 5.32 Å². The lowest BCUT2D eigenvalue weighted by atomic mass is 9.68. The molecule has 4 aliphatic rings. The summed E-state index contributed by atoms with van der Waals surface area (Å²) in [6.07, 6.45) is 0.898. The van der Waals surface area contributed by atoms with Crippen LogP contribution in [0, 0.1) is 11.8 Å². The highest BCUT2D eigenvalue weighted by Crippen LogP contribution is 2.70. The molecule has 2 aliphatic heterocycles. The summed E-state index contributed by atoms with van der Waals surface area (Å²) >= 11 is 0. The van der Waals surface area contributed by atoms with E-state index in [0.29, 0.717) is 24.9 Å². The van der Waals surface area contributed by atoms with E-state index in [0.717, 1.165) is 0 Å². The number of nitrogens with one attached hydrogen (secondary N) is 1. The van der Waals surface area contributed by atoms with E-state index in [1.54, 1.807) is 29.2 Å². The molecule has 1 spiro atoms. The number of benzene rings is 1. The number of carbonyl (C=O) groups is 2. The van der Waals surface area contributed by atoms with Crippen molar-refractivity contribution in [3.8, 4) is 0 Å². The molecule has 1 N–H and O–H groups in total. The molecule has 7 heteroatoms. The zero-order valence-corrected chi connectivity index (χ0v) is 14.2. The zero-order valence-electron chi connectivity index (χ0n) is 14.2. The van der Waals surface area contributed by atoms with Crippen LogP contribution in [0.2, 0.25) is 0 Å². The maximum atomic E-state index is 14.7. The van der Waals surface area contributed by atoms with Crippen molar-refractivity contribution in [1.82, 2.24) is 10.2 Å². The van der Waals surface area contributed by atoms with Crippen molar-refractivity contribution in [1.29, 1.82) is 0 Å². The van der Waals surface area contributed by atoms with Crippen molar-refractivity contribution in [3.05, 3.63) is 35.9 Å². The summed E-state index contributed by atoms with van der Waals surface area (Å²) in [5, 5.41) is 2.76. The van der Waals surface area contributed by atoms with Crippen molar-refractivity contribution in [3.63, 3.8) is 0 Å². The van der Waals surface area contributed by atoms with Gasteiger partial charge in [-0.05, 0) is 24.8 Å². The molecular formula is C19H20F2N2O3. The molecule has 5 nitrogen and oxygen atoms in total. The number of alkyl carbamates (subject to hydrolysis) is 1. The smallest absolute Gasteiger partial charge is 0.407 e. The second-order valence-corrected chi connectivity index (χ2v) is 8.13. The first-order valence-corrected chi connectivity index (χ1v) is 9.05. The third kappa shape index (κ3) is 1.94. The van der Waals surface area contributed by atoms with Gasteiger partial charge in [-0.2, -0.15) is 0 Å². The molecule has 0 radical (unpaired) electrons. The SMILES string of the molecule is O=C1N[C@]2(CO1)C[C@H](C(=O)N1CCC3(c4ccccc4)C(C1)C3(F)F)C2. The van der Waals surface area contributed by atoms with Crippen molar-refractivity contribution in [2.24, 2.45) is 11.8 Å². The Kier molecular flexibility index (Phi) is 3.06. The Morgan fingerprint density at radius 1 is 1.23 bits per heavy atom. The van der Waals surface area contributed by atoms with E-state index in [1.165, 1.54) is 0 Å². The molecule has 2 heterocycles. The standard InChI is InChI=1S/C19H20F2N2O3/c20-19(21)14-10-23(7-6-18(14,19)13-4-2-1-3-5-13)15(24)12-8-17(9-12)11-26-16(25)22-17/h1-5,12,14H,6-11H2,(H,22,25)/t12-,14?,17+,18?. The Labute approximate surface area is 149 Å². The third-order valence-electron chi connectivity index (χ3n) is 6.79. The molecule has 2 aliphatic carbocycles. The van der Waals surface area contributed by atoms with Gasteiger partial charge < -0.3 is 15.0 Å². The highest BCUT2D eigenvalue weighted by molar-refractivity contribution is 5.82. The van der Waals surface area contributed by atoms with E-state index in [1.807, 2.05) is 6.07 Å². The molecule has 2 amide bonds. The molecule has 1 aromatic carbocycles. The number of alkyl halides is 2. The quantitative estimate of drug-likeness (QED) is 0.878. The number of cyclic esters (lactones) is 1. The number of carbonyl (C=O) groups excluding carboxylic acids is 2. The van der Waals surface area contributed by atoms with Crippen LogP contribution in [0.5, 0.6) is 0 Å². The summed E-state index contributed by atoms with van der Waals surface area (Å²) in [5.74, 6) is -3.86. The molecule has 2 atom stereocenters. The van der Waals surface area contributed by atoms with E-state index in [4.69, 9.17) is 4.74 Å². The summed E-state index contributed by atoms with van der Waals surface area (Å²) in [6, 6.07) is 8.94. The molecule has 2 unspecified atom stereocenters. The zero-order chi connectivity index (χ0) is 18.2. The van der Waals surface area contributed by atoms with Crippen LogP contribution in [-0.2, 0) is 14.9 Å². The molecule has 1 aromatic rings. The van der Waals surface area contributed by atoms with Crippen LogP contribution in [0.4, 0.5) is 13.6 Å². The van der Waals surface area contributed by atoms with E-state index < -0.39 is 28.9 Å². The second-order valence-electron chi connectivity index (χ2n) is 8.13. The number of halogens is 2. The average Bonchev–Trinajstić information content (AvgIpc) is 2.89. The third-order valence-corrected chi connectivity index (χ3v) is 6.79. The van der Waals surface area contributed by atoms with Gasteiger partial charge in [0.15, 0.2) is 0 Å². The van der Waals surface area contributed by atoms with Gasteiger partial charge in [-0.1, -0.05) is 30.3 Å². The summed E-state index contributed by atoms with van der Waals surface area (Å²) in [4.78, 5) is 25.6. The molecule has 0 aromatic heterocycles. The van der Waals surface area contributed by atoms with Crippen molar-refractivity contribution >= 4 is 12.0 Å². The number of hydrogen-bond donors (Lipinski definition) is 1. The number of nitrogens with zero attached hydrogens (tertiary/aromatic N) is 1. The van der Waals surface area contributed by atoms with Gasteiger partial charge in [0.25, 0.3) is 5.92 Å². The fourth-order valence-electron chi connectivity index (χ4n) is 5.27. The highest BCUT2D eigenvalue weighted by Gasteiger charge is 2.82. The van der Waals surface area contributed by atoms with Crippen molar-refractivity contribution in [2.45, 2.75) is 36.1 Å². The predicted molar refractivity (Wildman–Crippen MR) is 87.7 cm³/mol. The molecule has 0 bridgehead atoms. The van der Waals surface area contributed by atoms with Crippen LogP contribution in [0.25, 0.3) is 0 Å². The topological polar surface area (TPSA) is 58.6 Å². The van der Waals surface area contributed by atoms with Gasteiger partial charge >= 0.3 is 6.09 Å². The van der Waals surface area contributed by atoms with Gasteiger partial charge in [0, 0.05) is 19.0 Å². The fraction of sp³-hybridized carbons (Fsp3) is 0.579. The largest absolute Gasteiger partial charge is 0.447 e. The van der Waals surface area contributed by atoms with Crippen LogP contribution in [-0.4, -0.2) is 48.1 Å². The summed E-state index contributed by atoms with van der Waals surface area (Å²) in [6.45, 7) is 0.743. The second kappa shape index (κ2) is 4.96. The lowest BCUT2D eigenvalue weighted by molar-refractivity contribution is -0.142. The lowest BCUT2D eigenvalue weighted by Gasteiger charge is -2.44. The first-order valence-electron chi connectivity index (χ1n) is 9.05. The minimum absolute atomic E-state index is 0.0684. The maximum absolute atomic E-state index is 14.7. The highest BCUT2D eigenvalue weighted by atomic mass is 19.3. The van der Waals surface area contributed by atoms with Crippen LogP contribution in [0.1, 0.15) is 24.8 Å². The maximum Gasteiger partial charge on any atom is 0.407 e. The minimum atomic E-state index is -2.77. The van der Waals surface area contributed by atoms with Crippen LogP contribution >= 0.6 is 0 Å². The Morgan fingerprint density at radius 3 is 2.58 bits per heavy atom. The number of fused-ring (bicyclic) bond motifs is 1. The number of likely N-dealkylation sites (tertiary alicyclic amines) is 1. The molecule has 2 saturated carbocycles. The fourth-order valence-corrected chi connectivity index (χ4v) is 5.27. The van der Waals surface area contributed by atoms with Gasteiger partial charge in [0.2, 0.25) is 5.91 Å². The predicted octanol–water partition coefficient (Wildman–Crippen LogP) is 2.31. The first kappa shape index (κ1) is 16.0. The lowest BCUT2D eigenvalue weighted by Crippen LogP contribution is -2.58. The average molecular weight is 362 g/mol. The number of hydrogen-bond acceptors (Lipinski definition) is 3. The number of piperidine rings is 1. The molecular weight excluding hydrogens is 342 g/mol.